The second-order valence-electron chi connectivity index (χ2n) is 3.75. The summed E-state index contributed by atoms with van der Waals surface area (Å²) >= 11 is 0. The largest absolute Gasteiger partial charge is 0.434 e. The third kappa shape index (κ3) is 3.67. The monoisotopic (exact) mass is 224 g/mol. The molecule has 1 radical (unpaired) electrons. The zero-order valence-electron chi connectivity index (χ0n) is 9.44. The van der Waals surface area contributed by atoms with Crippen molar-refractivity contribution in [3.63, 3.8) is 0 Å². The third-order valence-electron chi connectivity index (χ3n) is 1.38. The molecule has 0 N–H and O–H groups in total. The lowest BCUT2D eigenvalue weighted by atomic mass is 10.1. The minimum atomic E-state index is -3.65. The van der Waals surface area contributed by atoms with Crippen LogP contribution >= 0.6 is 7.75 Å². The molecule has 0 aromatic rings. The summed E-state index contributed by atoms with van der Waals surface area (Å²) in [6.45, 7) is 8.68. The number of nitrogens with zero attached hydrogens (tertiary/aromatic N) is 1. The van der Waals surface area contributed by atoms with Gasteiger partial charge in [0.1, 0.15) is 0 Å². The van der Waals surface area contributed by atoms with Crippen LogP contribution in [0.1, 0.15) is 34.6 Å². The van der Waals surface area contributed by atoms with Crippen LogP contribution in [0.2, 0.25) is 0 Å². The van der Waals surface area contributed by atoms with E-state index in [1.807, 2.05) is 0 Å². The molecule has 14 heavy (non-hydrogen) atoms. The van der Waals surface area contributed by atoms with Crippen LogP contribution in [0.4, 0.5) is 0 Å². The molecule has 0 heterocycles. The predicted octanol–water partition coefficient (Wildman–Crippen LogP) is 2.61. The van der Waals surface area contributed by atoms with E-state index in [0.29, 0.717) is 4.83 Å². The van der Waals surface area contributed by atoms with E-state index >= 15 is 0 Å². The fourth-order valence-electron chi connectivity index (χ4n) is 0.836. The van der Waals surface area contributed by atoms with Crippen molar-refractivity contribution in [2.45, 2.75) is 40.2 Å². The van der Waals surface area contributed by atoms with Gasteiger partial charge in [0.25, 0.3) is 0 Å². The highest BCUT2D eigenvalue weighted by molar-refractivity contribution is 7.51. The number of rotatable bonds is 5. The maximum absolute atomic E-state index is 11.9. The van der Waals surface area contributed by atoms with E-state index in [9.17, 15) is 9.77 Å². The van der Waals surface area contributed by atoms with Gasteiger partial charge in [-0.25, -0.2) is 4.57 Å². The molecule has 85 valence electrons. The lowest BCUT2D eigenvalue weighted by molar-refractivity contribution is -0.156. The normalized spacial score (nSPS) is 13.6. The highest BCUT2D eigenvalue weighted by Gasteiger charge is 2.41. The number of hydrogen-bond donors (Lipinski definition) is 0. The van der Waals surface area contributed by atoms with Gasteiger partial charge in [-0.3, -0.25) is 9.05 Å². The van der Waals surface area contributed by atoms with E-state index in [1.165, 1.54) is 0 Å². The zero-order valence-corrected chi connectivity index (χ0v) is 10.3. The molecule has 0 aromatic heterocycles. The van der Waals surface area contributed by atoms with Gasteiger partial charge in [-0.2, -0.15) is 0 Å². The predicted molar refractivity (Wildman–Crippen MR) is 53.1 cm³/mol. The summed E-state index contributed by atoms with van der Waals surface area (Å²) in [5.74, 6) is 0. The van der Waals surface area contributed by atoms with Crippen LogP contribution in [0, 0.1) is 0 Å². The van der Waals surface area contributed by atoms with Crippen LogP contribution in [-0.2, 0) is 18.8 Å². The van der Waals surface area contributed by atoms with Gasteiger partial charge in [0.05, 0.1) is 18.8 Å². The Kier molecular flexibility index (Phi) is 5.26. The Morgan fingerprint density at radius 1 is 1.14 bits per heavy atom. The van der Waals surface area contributed by atoms with E-state index in [-0.39, 0.29) is 13.2 Å². The molecule has 0 unspecified atom stereocenters. The van der Waals surface area contributed by atoms with Crippen molar-refractivity contribution in [3.8, 4) is 0 Å². The summed E-state index contributed by atoms with van der Waals surface area (Å²) in [5.41, 5.74) is -0.792. The Bertz CT molecular complexity index is 204. The Morgan fingerprint density at radius 2 is 1.50 bits per heavy atom. The lowest BCUT2D eigenvalue weighted by Gasteiger charge is -2.31. The minimum Gasteiger partial charge on any atom is -0.295 e. The van der Waals surface area contributed by atoms with Crippen LogP contribution in [0.3, 0.4) is 0 Å². The maximum Gasteiger partial charge on any atom is 0.434 e. The molecule has 0 bridgehead atoms. The van der Waals surface area contributed by atoms with Crippen molar-refractivity contribution in [2.75, 3.05) is 13.2 Å². The first-order chi connectivity index (χ1) is 6.28. The Balaban J connectivity index is 4.73. The van der Waals surface area contributed by atoms with Gasteiger partial charge in [-0.15, -0.1) is 5.21 Å². The van der Waals surface area contributed by atoms with Gasteiger partial charge >= 0.3 is 7.75 Å². The van der Waals surface area contributed by atoms with E-state index < -0.39 is 13.3 Å². The molecule has 0 aliphatic carbocycles. The molecule has 0 aliphatic rings. The van der Waals surface area contributed by atoms with E-state index in [0.717, 1.165) is 0 Å². The molecule has 0 aliphatic heterocycles. The summed E-state index contributed by atoms with van der Waals surface area (Å²) in [4.78, 5) is 0.410. The van der Waals surface area contributed by atoms with Crippen LogP contribution in [0.5, 0.6) is 0 Å². The molecule has 5 nitrogen and oxygen atoms in total. The Hall–Kier alpha value is 0.0700. The Labute approximate surface area is 85.5 Å². The molecule has 6 heteroatoms. The summed E-state index contributed by atoms with van der Waals surface area (Å²) in [6.07, 6.45) is 0. The van der Waals surface area contributed by atoms with Gasteiger partial charge in [0, 0.05) is 0 Å². The highest BCUT2D eigenvalue weighted by Crippen LogP contribution is 2.54. The highest BCUT2D eigenvalue weighted by atomic mass is 31.2. The topological polar surface area (TPSA) is 58.7 Å². The van der Waals surface area contributed by atoms with Crippen molar-refractivity contribution in [1.82, 2.24) is 4.83 Å². The van der Waals surface area contributed by atoms with Crippen molar-refractivity contribution in [1.29, 1.82) is 0 Å². The fourth-order valence-corrected chi connectivity index (χ4v) is 2.51. The molecule has 0 saturated carbocycles. The van der Waals surface area contributed by atoms with Gasteiger partial charge in [0.2, 0.25) is 0 Å². The molecule has 0 amide bonds. The first kappa shape index (κ1) is 14.1. The number of hydroxylamine groups is 1. The molecule has 0 atom stereocenters. The summed E-state index contributed by atoms with van der Waals surface area (Å²) in [7, 11) is -3.65. The second-order valence-corrected chi connectivity index (χ2v) is 5.56. The smallest absolute Gasteiger partial charge is 0.295 e. The number of hydrogen-bond acceptors (Lipinski definition) is 3. The first-order valence-electron chi connectivity index (χ1n) is 4.65. The second kappa shape index (κ2) is 5.24. The van der Waals surface area contributed by atoms with Crippen molar-refractivity contribution < 1.29 is 18.8 Å². The Morgan fingerprint density at radius 3 is 1.71 bits per heavy atom. The zero-order chi connectivity index (χ0) is 11.4. The molecule has 0 rings (SSSR count). The summed E-state index contributed by atoms with van der Waals surface area (Å²) in [6, 6.07) is 0. The van der Waals surface area contributed by atoms with Crippen molar-refractivity contribution in [3.05, 3.63) is 0 Å². The molecular formula is C8H19NO4P. The van der Waals surface area contributed by atoms with Crippen LogP contribution in [-0.4, -0.2) is 23.6 Å². The molecule has 0 fully saturated rings. The molecule has 0 saturated heterocycles. The minimum absolute atomic E-state index is 0.187. The van der Waals surface area contributed by atoms with E-state index in [2.05, 4.69) is 0 Å². The summed E-state index contributed by atoms with van der Waals surface area (Å²) in [5, 5.41) is 11.7. The van der Waals surface area contributed by atoms with E-state index in [4.69, 9.17) is 9.05 Å². The SMILES string of the molecule is CCOP(=O)(OCC)N([O])C(C)(C)C. The first-order valence-corrected chi connectivity index (χ1v) is 6.14. The van der Waals surface area contributed by atoms with Crippen molar-refractivity contribution in [2.24, 2.45) is 0 Å². The van der Waals surface area contributed by atoms with Gasteiger partial charge in [-0.1, -0.05) is 0 Å². The average molecular weight is 224 g/mol. The van der Waals surface area contributed by atoms with Gasteiger partial charge < -0.3 is 0 Å². The average Bonchev–Trinajstić information content (AvgIpc) is 2.02. The quantitative estimate of drug-likeness (QED) is 0.532. The summed E-state index contributed by atoms with van der Waals surface area (Å²) < 4.78 is 21.7. The third-order valence-corrected chi connectivity index (χ3v) is 3.59. The van der Waals surface area contributed by atoms with Crippen molar-refractivity contribution >= 4 is 7.75 Å². The standard InChI is InChI=1S/C8H19NO4P/c1-6-12-14(11,13-7-2)9(10)8(3,4)5/h6-7H2,1-5H3. The maximum atomic E-state index is 11.9. The van der Waals surface area contributed by atoms with Gasteiger partial charge in [-0.05, 0) is 39.5 Å². The molecule has 0 aromatic carbocycles. The fraction of sp³-hybridized carbons (Fsp3) is 1.00. The van der Waals surface area contributed by atoms with Crippen LogP contribution in [0.25, 0.3) is 0 Å². The van der Waals surface area contributed by atoms with Crippen LogP contribution in [0.15, 0.2) is 0 Å². The van der Waals surface area contributed by atoms with E-state index in [1.54, 1.807) is 34.6 Å². The molecular weight excluding hydrogens is 205 g/mol. The lowest BCUT2D eigenvalue weighted by Crippen LogP contribution is -2.36. The van der Waals surface area contributed by atoms with Gasteiger partial charge in [0.15, 0.2) is 0 Å². The molecule has 0 spiro atoms. The van der Waals surface area contributed by atoms with Crippen LogP contribution < -0.4 is 0 Å².